The Morgan fingerprint density at radius 2 is 1.59 bits per heavy atom. The van der Waals surface area contributed by atoms with Gasteiger partial charge in [0, 0.05) is 62.9 Å². The molecular formula is C24H27N5. The lowest BCUT2D eigenvalue weighted by atomic mass is 9.95. The maximum absolute atomic E-state index is 4.56. The lowest BCUT2D eigenvalue weighted by molar-refractivity contribution is 0.123. The van der Waals surface area contributed by atoms with E-state index in [1.54, 1.807) is 6.20 Å². The van der Waals surface area contributed by atoms with Crippen LogP contribution in [0.1, 0.15) is 24.0 Å². The summed E-state index contributed by atoms with van der Waals surface area (Å²) in [6.45, 7) is 5.53. The Labute approximate surface area is 172 Å². The van der Waals surface area contributed by atoms with Crippen molar-refractivity contribution < 1.29 is 0 Å². The zero-order valence-electron chi connectivity index (χ0n) is 16.7. The van der Waals surface area contributed by atoms with Crippen LogP contribution >= 0.6 is 0 Å². The number of aromatic nitrogens is 3. The van der Waals surface area contributed by atoms with Crippen molar-refractivity contribution in [2.24, 2.45) is 5.92 Å². The van der Waals surface area contributed by atoms with Crippen molar-refractivity contribution in [3.63, 3.8) is 0 Å². The number of hydrogen-bond acceptors (Lipinski definition) is 5. The molecule has 1 aromatic carbocycles. The second-order valence-corrected chi connectivity index (χ2v) is 8.34. The van der Waals surface area contributed by atoms with E-state index in [9.17, 15) is 0 Å². The van der Waals surface area contributed by atoms with Crippen molar-refractivity contribution in [1.82, 2.24) is 24.8 Å². The van der Waals surface area contributed by atoms with Gasteiger partial charge in [-0.3, -0.25) is 14.8 Å². The van der Waals surface area contributed by atoms with Crippen LogP contribution in [0.25, 0.3) is 11.5 Å². The molecule has 6 rings (SSSR count). The molecule has 5 heterocycles. The Morgan fingerprint density at radius 3 is 2.38 bits per heavy atom. The summed E-state index contributed by atoms with van der Waals surface area (Å²) in [5.41, 5.74) is 3.43. The summed E-state index contributed by atoms with van der Waals surface area (Å²) in [5.74, 6) is 1.45. The fraction of sp³-hybridized carbons (Fsp3) is 0.375. The summed E-state index contributed by atoms with van der Waals surface area (Å²) in [5, 5.41) is 0. The van der Waals surface area contributed by atoms with Gasteiger partial charge in [0.25, 0.3) is 0 Å². The van der Waals surface area contributed by atoms with E-state index in [0.29, 0.717) is 11.9 Å². The van der Waals surface area contributed by atoms with Crippen LogP contribution in [0.2, 0.25) is 0 Å². The highest BCUT2D eigenvalue weighted by Gasteiger charge is 2.34. The van der Waals surface area contributed by atoms with E-state index < -0.39 is 0 Å². The molecule has 0 N–H and O–H groups in total. The van der Waals surface area contributed by atoms with E-state index in [0.717, 1.165) is 31.2 Å². The lowest BCUT2D eigenvalue weighted by Gasteiger charge is -2.36. The van der Waals surface area contributed by atoms with E-state index in [2.05, 4.69) is 55.1 Å². The van der Waals surface area contributed by atoms with Crippen LogP contribution in [0, 0.1) is 5.92 Å². The van der Waals surface area contributed by atoms with E-state index in [1.807, 2.05) is 30.6 Å². The van der Waals surface area contributed by atoms with Crippen LogP contribution in [0.4, 0.5) is 0 Å². The summed E-state index contributed by atoms with van der Waals surface area (Å²) < 4.78 is 0. The molecule has 0 unspecified atom stereocenters. The fourth-order valence-electron chi connectivity index (χ4n) is 4.74. The highest BCUT2D eigenvalue weighted by Crippen LogP contribution is 2.30. The van der Waals surface area contributed by atoms with Crippen molar-refractivity contribution in [1.29, 1.82) is 0 Å². The van der Waals surface area contributed by atoms with Crippen LogP contribution in [0.3, 0.4) is 0 Å². The molecule has 148 valence electrons. The number of hydrogen-bond donors (Lipinski definition) is 0. The monoisotopic (exact) mass is 385 g/mol. The van der Waals surface area contributed by atoms with E-state index in [-0.39, 0.29) is 0 Å². The van der Waals surface area contributed by atoms with Gasteiger partial charge in [-0.25, -0.2) is 9.97 Å². The second-order valence-electron chi connectivity index (χ2n) is 8.34. The molecule has 3 aromatic rings. The maximum Gasteiger partial charge on any atom is 0.178 e. The SMILES string of the molecule is c1ccc(CN2C[C@H]3CC[C@@H](C2)N(Cc2cnc(-c4ccccn4)nc2)C3)cc1. The molecule has 5 nitrogen and oxygen atoms in total. The van der Waals surface area contributed by atoms with Gasteiger partial charge >= 0.3 is 0 Å². The van der Waals surface area contributed by atoms with Gasteiger partial charge in [-0.2, -0.15) is 0 Å². The Bertz CT molecular complexity index is 913. The summed E-state index contributed by atoms with van der Waals surface area (Å²) in [4.78, 5) is 18.8. The number of piperidine rings is 1. The predicted molar refractivity (Wildman–Crippen MR) is 114 cm³/mol. The molecule has 0 amide bonds. The molecule has 0 radical (unpaired) electrons. The topological polar surface area (TPSA) is 45.2 Å². The maximum atomic E-state index is 4.56. The molecule has 2 aromatic heterocycles. The quantitative estimate of drug-likeness (QED) is 0.671. The normalized spacial score (nSPS) is 22.5. The minimum atomic E-state index is 0.618. The van der Waals surface area contributed by atoms with Crippen molar-refractivity contribution >= 4 is 0 Å². The van der Waals surface area contributed by atoms with Gasteiger partial charge in [0.15, 0.2) is 5.82 Å². The van der Waals surface area contributed by atoms with E-state index >= 15 is 0 Å². The van der Waals surface area contributed by atoms with Gasteiger partial charge in [0.1, 0.15) is 5.69 Å². The van der Waals surface area contributed by atoms with Gasteiger partial charge in [0.05, 0.1) is 0 Å². The standard InChI is InChI=1S/C24H27N5/c1-2-6-19(7-3-1)14-28-15-20-9-10-22(18-28)29(16-20)17-21-12-26-24(27-13-21)23-8-4-5-11-25-23/h1-8,11-13,20,22H,9-10,14-18H2/t20-,22+/m1/s1. The van der Waals surface area contributed by atoms with Gasteiger partial charge in [0.2, 0.25) is 0 Å². The van der Waals surface area contributed by atoms with Crippen LogP contribution in [0.5, 0.6) is 0 Å². The first-order valence-electron chi connectivity index (χ1n) is 10.6. The van der Waals surface area contributed by atoms with E-state index in [1.165, 1.54) is 37.1 Å². The third-order valence-electron chi connectivity index (χ3n) is 6.14. The number of benzene rings is 1. The van der Waals surface area contributed by atoms with Crippen molar-refractivity contribution in [2.45, 2.75) is 32.0 Å². The average molecular weight is 386 g/mol. The molecule has 0 aliphatic carbocycles. The zero-order chi connectivity index (χ0) is 19.5. The van der Waals surface area contributed by atoms with Crippen molar-refractivity contribution in [2.75, 3.05) is 19.6 Å². The minimum absolute atomic E-state index is 0.618. The molecule has 3 aliphatic heterocycles. The largest absolute Gasteiger partial charge is 0.297 e. The highest BCUT2D eigenvalue weighted by atomic mass is 15.3. The predicted octanol–water partition coefficient (Wildman–Crippen LogP) is 3.64. The molecule has 0 saturated carbocycles. The highest BCUT2D eigenvalue weighted by molar-refractivity contribution is 5.47. The smallest absolute Gasteiger partial charge is 0.178 e. The summed E-state index contributed by atoms with van der Waals surface area (Å²) in [7, 11) is 0. The van der Waals surface area contributed by atoms with Gasteiger partial charge < -0.3 is 0 Å². The van der Waals surface area contributed by atoms with Crippen LogP contribution in [-0.2, 0) is 13.1 Å². The fourth-order valence-corrected chi connectivity index (χ4v) is 4.74. The van der Waals surface area contributed by atoms with Gasteiger partial charge in [-0.1, -0.05) is 36.4 Å². The first-order chi connectivity index (χ1) is 14.3. The first kappa shape index (κ1) is 18.4. The van der Waals surface area contributed by atoms with Crippen molar-refractivity contribution in [3.8, 4) is 11.5 Å². The number of pyridine rings is 1. The molecule has 0 spiro atoms. The molecule has 3 fully saturated rings. The lowest BCUT2D eigenvalue weighted by Crippen LogP contribution is -2.43. The summed E-state index contributed by atoms with van der Waals surface area (Å²) >= 11 is 0. The Hall–Kier alpha value is -2.63. The third kappa shape index (κ3) is 4.36. The second kappa shape index (κ2) is 8.39. The molecule has 3 saturated heterocycles. The Kier molecular flexibility index (Phi) is 5.33. The molecular weight excluding hydrogens is 358 g/mol. The van der Waals surface area contributed by atoms with Crippen LogP contribution in [0.15, 0.2) is 67.1 Å². The van der Waals surface area contributed by atoms with Crippen molar-refractivity contribution in [3.05, 3.63) is 78.2 Å². The molecule has 29 heavy (non-hydrogen) atoms. The Morgan fingerprint density at radius 1 is 0.759 bits per heavy atom. The zero-order valence-corrected chi connectivity index (χ0v) is 16.7. The Balaban J connectivity index is 1.25. The molecule has 3 aliphatic rings. The van der Waals surface area contributed by atoms with Crippen LogP contribution < -0.4 is 0 Å². The number of nitrogens with zero attached hydrogens (tertiary/aromatic N) is 5. The molecule has 2 atom stereocenters. The summed E-state index contributed by atoms with van der Waals surface area (Å²) in [6.07, 6.45) is 8.36. The first-order valence-corrected chi connectivity index (χ1v) is 10.6. The minimum Gasteiger partial charge on any atom is -0.297 e. The summed E-state index contributed by atoms with van der Waals surface area (Å²) in [6, 6.07) is 17.3. The molecule has 5 heteroatoms. The average Bonchev–Trinajstić information content (AvgIpc) is 3.06. The molecule has 2 bridgehead atoms. The number of rotatable bonds is 5. The third-order valence-corrected chi connectivity index (χ3v) is 6.14. The van der Waals surface area contributed by atoms with Crippen LogP contribution in [-0.4, -0.2) is 50.4 Å². The van der Waals surface area contributed by atoms with Gasteiger partial charge in [-0.15, -0.1) is 0 Å². The van der Waals surface area contributed by atoms with E-state index in [4.69, 9.17) is 0 Å². The number of fused-ring (bicyclic) bond motifs is 4. The van der Waals surface area contributed by atoms with Gasteiger partial charge in [-0.05, 0) is 36.5 Å².